The summed E-state index contributed by atoms with van der Waals surface area (Å²) in [6, 6.07) is 0.127. The molecule has 0 unspecified atom stereocenters. The van der Waals surface area contributed by atoms with E-state index >= 15 is 0 Å². The standard InChI is InChI=1S/C15H24BN3O3/c1-14(2)15(3,4)22-16(21-14)11-8-17-13(18-9-11)19-7-5-6-12(19)10-20/h8-9,12,20H,5-7,10H2,1-4H3/t12-/m0/s1. The number of hydrogen-bond donors (Lipinski definition) is 1. The van der Waals surface area contributed by atoms with Crippen molar-refractivity contribution >= 4 is 18.5 Å². The van der Waals surface area contributed by atoms with Gasteiger partial charge in [0, 0.05) is 24.4 Å². The molecule has 2 saturated heterocycles. The average molecular weight is 305 g/mol. The maximum Gasteiger partial charge on any atom is 0.498 e. The van der Waals surface area contributed by atoms with Gasteiger partial charge in [0.25, 0.3) is 0 Å². The molecular formula is C15H24BN3O3. The van der Waals surface area contributed by atoms with Crippen molar-refractivity contribution in [3.8, 4) is 0 Å². The minimum atomic E-state index is -0.439. The molecule has 0 saturated carbocycles. The van der Waals surface area contributed by atoms with E-state index in [2.05, 4.69) is 14.9 Å². The third-order valence-electron chi connectivity index (χ3n) is 5.03. The van der Waals surface area contributed by atoms with Crippen molar-refractivity contribution in [3.05, 3.63) is 12.4 Å². The number of aliphatic hydroxyl groups is 1. The molecule has 22 heavy (non-hydrogen) atoms. The van der Waals surface area contributed by atoms with Gasteiger partial charge in [0.15, 0.2) is 0 Å². The quantitative estimate of drug-likeness (QED) is 0.831. The summed E-state index contributed by atoms with van der Waals surface area (Å²) in [5.74, 6) is 0.664. The molecule has 2 fully saturated rings. The molecule has 0 bridgehead atoms. The summed E-state index contributed by atoms with van der Waals surface area (Å²) >= 11 is 0. The zero-order valence-corrected chi connectivity index (χ0v) is 13.7. The lowest BCUT2D eigenvalue weighted by Gasteiger charge is -2.32. The third kappa shape index (κ3) is 2.62. The lowest BCUT2D eigenvalue weighted by molar-refractivity contribution is 0.00578. The first kappa shape index (κ1) is 15.7. The Labute approximate surface area is 132 Å². The number of hydrogen-bond acceptors (Lipinski definition) is 6. The molecule has 6 nitrogen and oxygen atoms in total. The summed E-state index contributed by atoms with van der Waals surface area (Å²) in [6.45, 7) is 9.14. The first-order valence-electron chi connectivity index (χ1n) is 7.89. The normalized spacial score (nSPS) is 26.7. The van der Waals surface area contributed by atoms with Crippen molar-refractivity contribution < 1.29 is 14.4 Å². The predicted octanol–water partition coefficient (Wildman–Crippen LogP) is 0.737. The van der Waals surface area contributed by atoms with E-state index in [4.69, 9.17) is 9.31 Å². The van der Waals surface area contributed by atoms with Gasteiger partial charge in [0.2, 0.25) is 5.95 Å². The average Bonchev–Trinajstić information content (AvgIpc) is 3.02. The van der Waals surface area contributed by atoms with Crippen LogP contribution in [0.1, 0.15) is 40.5 Å². The van der Waals surface area contributed by atoms with Crippen LogP contribution in [-0.2, 0) is 9.31 Å². The SMILES string of the molecule is CC1(C)OB(c2cnc(N3CCC[C@H]3CO)nc2)OC1(C)C. The molecule has 2 aliphatic rings. The van der Waals surface area contributed by atoms with E-state index in [0.29, 0.717) is 5.95 Å². The molecule has 3 rings (SSSR count). The lowest BCUT2D eigenvalue weighted by atomic mass is 9.81. The highest BCUT2D eigenvalue weighted by Crippen LogP contribution is 2.36. The summed E-state index contributed by atoms with van der Waals surface area (Å²) < 4.78 is 12.0. The fourth-order valence-electron chi connectivity index (χ4n) is 2.87. The second kappa shape index (κ2) is 5.47. The van der Waals surface area contributed by atoms with Crippen LogP contribution in [0.2, 0.25) is 0 Å². The van der Waals surface area contributed by atoms with Crippen LogP contribution in [0.3, 0.4) is 0 Å². The molecule has 7 heteroatoms. The molecule has 1 aromatic rings. The van der Waals surface area contributed by atoms with Crippen LogP contribution in [0.4, 0.5) is 5.95 Å². The van der Waals surface area contributed by atoms with Crippen molar-refractivity contribution in [2.75, 3.05) is 18.1 Å². The highest BCUT2D eigenvalue weighted by Gasteiger charge is 2.52. The van der Waals surface area contributed by atoms with Gasteiger partial charge in [-0.05, 0) is 40.5 Å². The fraction of sp³-hybridized carbons (Fsp3) is 0.733. The van der Waals surface area contributed by atoms with E-state index < -0.39 is 7.12 Å². The van der Waals surface area contributed by atoms with Crippen LogP contribution in [0, 0.1) is 0 Å². The first-order valence-corrected chi connectivity index (χ1v) is 7.89. The van der Waals surface area contributed by atoms with Crippen LogP contribution >= 0.6 is 0 Å². The van der Waals surface area contributed by atoms with E-state index in [1.54, 1.807) is 12.4 Å². The Morgan fingerprint density at radius 2 is 1.82 bits per heavy atom. The van der Waals surface area contributed by atoms with Gasteiger partial charge in [-0.15, -0.1) is 0 Å². The van der Waals surface area contributed by atoms with E-state index in [1.165, 1.54) is 0 Å². The van der Waals surface area contributed by atoms with Gasteiger partial charge in [-0.2, -0.15) is 0 Å². The Hall–Kier alpha value is -1.18. The maximum absolute atomic E-state index is 9.40. The van der Waals surface area contributed by atoms with Gasteiger partial charge in [-0.1, -0.05) is 0 Å². The van der Waals surface area contributed by atoms with Gasteiger partial charge < -0.3 is 19.3 Å². The number of aliphatic hydroxyl groups excluding tert-OH is 1. The Morgan fingerprint density at radius 1 is 1.23 bits per heavy atom. The molecular weight excluding hydrogens is 281 g/mol. The molecule has 1 aromatic heterocycles. The fourth-order valence-corrected chi connectivity index (χ4v) is 2.87. The molecule has 3 heterocycles. The Kier molecular flexibility index (Phi) is 3.91. The van der Waals surface area contributed by atoms with E-state index in [0.717, 1.165) is 24.8 Å². The number of rotatable bonds is 3. The van der Waals surface area contributed by atoms with E-state index in [1.807, 2.05) is 27.7 Å². The minimum Gasteiger partial charge on any atom is -0.399 e. The van der Waals surface area contributed by atoms with Crippen LogP contribution < -0.4 is 10.4 Å². The number of anilines is 1. The summed E-state index contributed by atoms with van der Waals surface area (Å²) in [7, 11) is -0.439. The van der Waals surface area contributed by atoms with Crippen molar-refractivity contribution in [2.45, 2.75) is 57.8 Å². The second-order valence-electron chi connectivity index (χ2n) is 7.08. The largest absolute Gasteiger partial charge is 0.498 e. The zero-order chi connectivity index (χ0) is 16.0. The van der Waals surface area contributed by atoms with Crippen LogP contribution in [-0.4, -0.2) is 52.6 Å². The van der Waals surface area contributed by atoms with Crippen molar-refractivity contribution in [2.24, 2.45) is 0 Å². The van der Waals surface area contributed by atoms with Gasteiger partial charge in [-0.3, -0.25) is 0 Å². The number of nitrogens with zero attached hydrogens (tertiary/aromatic N) is 3. The molecule has 0 amide bonds. The topological polar surface area (TPSA) is 67.7 Å². The molecule has 0 spiro atoms. The molecule has 0 aromatic carbocycles. The molecule has 1 atom stereocenters. The van der Waals surface area contributed by atoms with Gasteiger partial charge in [0.05, 0.1) is 23.9 Å². The summed E-state index contributed by atoms with van der Waals surface area (Å²) in [5, 5.41) is 9.40. The minimum absolute atomic E-state index is 0.127. The summed E-state index contributed by atoms with van der Waals surface area (Å²) in [4.78, 5) is 10.9. The highest BCUT2D eigenvalue weighted by atomic mass is 16.7. The van der Waals surface area contributed by atoms with Crippen molar-refractivity contribution in [3.63, 3.8) is 0 Å². The zero-order valence-electron chi connectivity index (χ0n) is 13.7. The lowest BCUT2D eigenvalue weighted by Crippen LogP contribution is -2.41. The smallest absolute Gasteiger partial charge is 0.399 e. The van der Waals surface area contributed by atoms with Crippen LogP contribution in [0.5, 0.6) is 0 Å². The monoisotopic (exact) mass is 305 g/mol. The van der Waals surface area contributed by atoms with Gasteiger partial charge in [0.1, 0.15) is 0 Å². The molecule has 2 aliphatic heterocycles. The highest BCUT2D eigenvalue weighted by molar-refractivity contribution is 6.61. The Balaban J connectivity index is 1.75. The Morgan fingerprint density at radius 3 is 2.36 bits per heavy atom. The molecule has 0 radical (unpaired) electrons. The number of aromatic nitrogens is 2. The summed E-state index contributed by atoms with van der Waals surface area (Å²) in [5.41, 5.74) is 0.0859. The molecule has 0 aliphatic carbocycles. The predicted molar refractivity (Wildman–Crippen MR) is 85.2 cm³/mol. The second-order valence-corrected chi connectivity index (χ2v) is 7.08. The maximum atomic E-state index is 9.40. The van der Waals surface area contributed by atoms with Gasteiger partial charge >= 0.3 is 7.12 Å². The van der Waals surface area contributed by atoms with Crippen molar-refractivity contribution in [1.82, 2.24) is 9.97 Å². The van der Waals surface area contributed by atoms with Crippen molar-refractivity contribution in [1.29, 1.82) is 0 Å². The first-order chi connectivity index (χ1) is 10.3. The van der Waals surface area contributed by atoms with Gasteiger partial charge in [-0.25, -0.2) is 9.97 Å². The Bertz CT molecular complexity index is 519. The van der Waals surface area contributed by atoms with E-state index in [-0.39, 0.29) is 23.9 Å². The third-order valence-corrected chi connectivity index (χ3v) is 5.03. The molecule has 120 valence electrons. The van der Waals surface area contributed by atoms with Crippen LogP contribution in [0.25, 0.3) is 0 Å². The van der Waals surface area contributed by atoms with Crippen LogP contribution in [0.15, 0.2) is 12.4 Å². The van der Waals surface area contributed by atoms with E-state index in [9.17, 15) is 5.11 Å². The molecule has 1 N–H and O–H groups in total. The summed E-state index contributed by atoms with van der Waals surface area (Å²) in [6.07, 6.45) is 5.57.